The van der Waals surface area contributed by atoms with Crippen LogP contribution in [0, 0.1) is 0 Å². The highest BCUT2D eigenvalue weighted by atomic mass is 16.5. The fourth-order valence-corrected chi connectivity index (χ4v) is 2.28. The number of hydrogen-bond donors (Lipinski definition) is 2. The third-order valence-corrected chi connectivity index (χ3v) is 3.59. The summed E-state index contributed by atoms with van der Waals surface area (Å²) in [6, 6.07) is 14.5. The number of methoxy groups -OCH3 is 2. The zero-order valence-electron chi connectivity index (χ0n) is 14.4. The SMILES string of the molecule is COc1ccc(OC)c(Nc2cnc(C(=O)Nc3ccccc3)cn2)c1. The number of para-hydroxylation sites is 1. The minimum absolute atomic E-state index is 0.219. The second kappa shape index (κ2) is 7.98. The van der Waals surface area contributed by atoms with E-state index in [-0.39, 0.29) is 11.6 Å². The average molecular weight is 350 g/mol. The topological polar surface area (TPSA) is 85.4 Å². The maximum Gasteiger partial charge on any atom is 0.275 e. The Bertz CT molecular complexity index is 883. The molecular formula is C19H18N4O3. The second-order valence-electron chi connectivity index (χ2n) is 5.30. The largest absolute Gasteiger partial charge is 0.497 e. The Kier molecular flexibility index (Phi) is 5.28. The van der Waals surface area contributed by atoms with Crippen LogP contribution in [0.5, 0.6) is 11.5 Å². The molecule has 132 valence electrons. The summed E-state index contributed by atoms with van der Waals surface area (Å²) in [6.45, 7) is 0. The van der Waals surface area contributed by atoms with E-state index in [0.717, 1.165) is 0 Å². The lowest BCUT2D eigenvalue weighted by atomic mass is 10.2. The number of anilines is 3. The molecule has 0 fully saturated rings. The summed E-state index contributed by atoms with van der Waals surface area (Å²) in [4.78, 5) is 20.6. The van der Waals surface area contributed by atoms with Gasteiger partial charge in [0.15, 0.2) is 0 Å². The van der Waals surface area contributed by atoms with E-state index in [1.165, 1.54) is 12.4 Å². The number of amides is 1. The van der Waals surface area contributed by atoms with Gasteiger partial charge >= 0.3 is 0 Å². The first kappa shape index (κ1) is 17.2. The predicted octanol–water partition coefficient (Wildman–Crippen LogP) is 3.49. The number of carbonyl (C=O) groups is 1. The number of rotatable bonds is 6. The first-order valence-corrected chi connectivity index (χ1v) is 7.87. The number of hydrogen-bond acceptors (Lipinski definition) is 6. The van der Waals surface area contributed by atoms with Crippen molar-refractivity contribution in [3.05, 3.63) is 66.6 Å². The van der Waals surface area contributed by atoms with Gasteiger partial charge in [-0.2, -0.15) is 0 Å². The fraction of sp³-hybridized carbons (Fsp3) is 0.105. The molecule has 2 aromatic carbocycles. The minimum atomic E-state index is -0.325. The van der Waals surface area contributed by atoms with Crippen LogP contribution in [-0.2, 0) is 0 Å². The predicted molar refractivity (Wildman–Crippen MR) is 99.3 cm³/mol. The smallest absolute Gasteiger partial charge is 0.275 e. The molecule has 3 aromatic rings. The summed E-state index contributed by atoms with van der Waals surface area (Å²) >= 11 is 0. The van der Waals surface area contributed by atoms with Crippen LogP contribution >= 0.6 is 0 Å². The number of benzene rings is 2. The zero-order chi connectivity index (χ0) is 18.4. The second-order valence-corrected chi connectivity index (χ2v) is 5.30. The monoisotopic (exact) mass is 350 g/mol. The van der Waals surface area contributed by atoms with Crippen LogP contribution in [0.15, 0.2) is 60.9 Å². The Morgan fingerprint density at radius 1 is 0.962 bits per heavy atom. The Balaban J connectivity index is 1.73. The molecule has 0 radical (unpaired) electrons. The Morgan fingerprint density at radius 3 is 2.42 bits per heavy atom. The molecule has 0 atom stereocenters. The summed E-state index contributed by atoms with van der Waals surface area (Å²) in [7, 11) is 3.17. The van der Waals surface area contributed by atoms with Crippen LogP contribution in [0.4, 0.5) is 17.2 Å². The highest BCUT2D eigenvalue weighted by Gasteiger charge is 2.10. The first-order chi connectivity index (χ1) is 12.7. The summed E-state index contributed by atoms with van der Waals surface area (Å²) in [5.41, 5.74) is 1.60. The quantitative estimate of drug-likeness (QED) is 0.708. The molecule has 0 aliphatic carbocycles. The number of ether oxygens (including phenoxy) is 2. The third-order valence-electron chi connectivity index (χ3n) is 3.59. The lowest BCUT2D eigenvalue weighted by Crippen LogP contribution is -2.14. The van der Waals surface area contributed by atoms with E-state index in [1.54, 1.807) is 44.6 Å². The van der Waals surface area contributed by atoms with E-state index >= 15 is 0 Å². The van der Waals surface area contributed by atoms with Crippen molar-refractivity contribution in [3.63, 3.8) is 0 Å². The number of aromatic nitrogens is 2. The standard InChI is InChI=1S/C19H18N4O3/c1-25-14-8-9-17(26-2)15(10-14)23-18-12-20-16(11-21-18)19(24)22-13-6-4-3-5-7-13/h3-12H,1-2H3,(H,21,23)(H,22,24). The van der Waals surface area contributed by atoms with Crippen molar-refractivity contribution in [2.24, 2.45) is 0 Å². The van der Waals surface area contributed by atoms with Crippen molar-refractivity contribution in [1.29, 1.82) is 0 Å². The normalized spacial score (nSPS) is 10.1. The number of carbonyl (C=O) groups excluding carboxylic acids is 1. The van der Waals surface area contributed by atoms with Crippen molar-refractivity contribution in [3.8, 4) is 11.5 Å². The van der Waals surface area contributed by atoms with Gasteiger partial charge in [-0.15, -0.1) is 0 Å². The molecule has 0 saturated carbocycles. The van der Waals surface area contributed by atoms with Gasteiger partial charge < -0.3 is 20.1 Å². The molecule has 26 heavy (non-hydrogen) atoms. The van der Waals surface area contributed by atoms with Gasteiger partial charge in [0.1, 0.15) is 23.0 Å². The molecule has 0 unspecified atom stereocenters. The van der Waals surface area contributed by atoms with Gasteiger partial charge in [0, 0.05) is 11.8 Å². The Morgan fingerprint density at radius 2 is 1.77 bits per heavy atom. The van der Waals surface area contributed by atoms with E-state index in [1.807, 2.05) is 18.2 Å². The number of nitrogens with one attached hydrogen (secondary N) is 2. The molecule has 1 amide bonds. The van der Waals surface area contributed by atoms with Crippen LogP contribution in [0.25, 0.3) is 0 Å². The van der Waals surface area contributed by atoms with Gasteiger partial charge in [-0.1, -0.05) is 18.2 Å². The Hall–Kier alpha value is -3.61. The maximum atomic E-state index is 12.2. The van der Waals surface area contributed by atoms with Crippen molar-refractivity contribution in [1.82, 2.24) is 9.97 Å². The highest BCUT2D eigenvalue weighted by molar-refractivity contribution is 6.02. The van der Waals surface area contributed by atoms with Crippen molar-refractivity contribution < 1.29 is 14.3 Å². The lowest BCUT2D eigenvalue weighted by molar-refractivity contribution is 0.102. The molecule has 7 heteroatoms. The van der Waals surface area contributed by atoms with Gasteiger partial charge in [0.2, 0.25) is 0 Å². The van der Waals surface area contributed by atoms with Crippen molar-refractivity contribution in [2.45, 2.75) is 0 Å². The molecule has 0 aliphatic heterocycles. The summed E-state index contributed by atoms with van der Waals surface area (Å²) in [5.74, 6) is 1.47. The molecule has 3 rings (SSSR count). The van der Waals surface area contributed by atoms with E-state index in [0.29, 0.717) is 28.7 Å². The van der Waals surface area contributed by atoms with E-state index in [4.69, 9.17) is 9.47 Å². The lowest BCUT2D eigenvalue weighted by Gasteiger charge is -2.12. The van der Waals surface area contributed by atoms with Gasteiger partial charge in [0.05, 0.1) is 32.3 Å². The molecule has 0 spiro atoms. The minimum Gasteiger partial charge on any atom is -0.497 e. The zero-order valence-corrected chi connectivity index (χ0v) is 14.4. The highest BCUT2D eigenvalue weighted by Crippen LogP contribution is 2.30. The van der Waals surface area contributed by atoms with Crippen LogP contribution in [0.2, 0.25) is 0 Å². The van der Waals surface area contributed by atoms with E-state index < -0.39 is 0 Å². The summed E-state index contributed by atoms with van der Waals surface area (Å²) in [5, 5.41) is 5.87. The van der Waals surface area contributed by atoms with Crippen molar-refractivity contribution >= 4 is 23.1 Å². The molecule has 1 aromatic heterocycles. The van der Waals surface area contributed by atoms with Gasteiger partial charge in [0.25, 0.3) is 5.91 Å². The molecule has 7 nitrogen and oxygen atoms in total. The molecule has 0 saturated heterocycles. The number of nitrogens with zero attached hydrogens (tertiary/aromatic N) is 2. The van der Waals surface area contributed by atoms with E-state index in [2.05, 4.69) is 20.6 Å². The first-order valence-electron chi connectivity index (χ1n) is 7.87. The van der Waals surface area contributed by atoms with Crippen molar-refractivity contribution in [2.75, 3.05) is 24.9 Å². The van der Waals surface area contributed by atoms with Crippen LogP contribution in [0.3, 0.4) is 0 Å². The summed E-state index contributed by atoms with van der Waals surface area (Å²) < 4.78 is 10.5. The molecule has 2 N–H and O–H groups in total. The molecular weight excluding hydrogens is 332 g/mol. The fourth-order valence-electron chi connectivity index (χ4n) is 2.28. The summed E-state index contributed by atoms with van der Waals surface area (Å²) in [6.07, 6.45) is 2.89. The molecule has 0 aliphatic rings. The van der Waals surface area contributed by atoms with Crippen LogP contribution in [0.1, 0.15) is 10.5 Å². The maximum absolute atomic E-state index is 12.2. The Labute approximate surface area is 151 Å². The van der Waals surface area contributed by atoms with Crippen LogP contribution < -0.4 is 20.1 Å². The van der Waals surface area contributed by atoms with Gasteiger partial charge in [-0.25, -0.2) is 9.97 Å². The molecule has 1 heterocycles. The molecule has 0 bridgehead atoms. The van der Waals surface area contributed by atoms with Gasteiger partial charge in [-0.3, -0.25) is 4.79 Å². The average Bonchev–Trinajstić information content (AvgIpc) is 2.69. The van der Waals surface area contributed by atoms with Crippen LogP contribution in [-0.4, -0.2) is 30.1 Å². The third kappa shape index (κ3) is 4.07. The van der Waals surface area contributed by atoms with E-state index in [9.17, 15) is 4.79 Å². The van der Waals surface area contributed by atoms with Gasteiger partial charge in [-0.05, 0) is 24.3 Å².